The number of halogens is 1. The zero-order valence-electron chi connectivity index (χ0n) is 14.1. The van der Waals surface area contributed by atoms with Gasteiger partial charge in [0.1, 0.15) is 0 Å². The van der Waals surface area contributed by atoms with Crippen molar-refractivity contribution in [1.29, 1.82) is 0 Å². The lowest BCUT2D eigenvalue weighted by Crippen LogP contribution is -2.30. The van der Waals surface area contributed by atoms with Crippen LogP contribution in [0.15, 0.2) is 30.5 Å². The Labute approximate surface area is 147 Å². The number of likely N-dealkylation sites (tertiary alicyclic amines) is 1. The molecule has 5 nitrogen and oxygen atoms in total. The van der Waals surface area contributed by atoms with Gasteiger partial charge in [-0.15, -0.1) is 0 Å². The van der Waals surface area contributed by atoms with E-state index in [4.69, 9.17) is 11.6 Å². The third-order valence-corrected chi connectivity index (χ3v) is 4.79. The van der Waals surface area contributed by atoms with Gasteiger partial charge in [-0.25, -0.2) is 4.68 Å². The van der Waals surface area contributed by atoms with Crippen molar-refractivity contribution in [3.8, 4) is 5.69 Å². The second-order valence-corrected chi connectivity index (χ2v) is 6.65. The summed E-state index contributed by atoms with van der Waals surface area (Å²) in [6.45, 7) is 4.62. The van der Waals surface area contributed by atoms with Crippen molar-refractivity contribution in [3.05, 3.63) is 46.7 Å². The van der Waals surface area contributed by atoms with E-state index in [0.29, 0.717) is 16.5 Å². The molecule has 0 bridgehead atoms. The minimum Gasteiger partial charge on any atom is -0.338 e. The Hall–Kier alpha value is -1.85. The fraction of sp³-hybridized carbons (Fsp3) is 0.444. The molecule has 1 atom stereocenters. The van der Waals surface area contributed by atoms with E-state index in [1.54, 1.807) is 6.20 Å². The van der Waals surface area contributed by atoms with Crippen molar-refractivity contribution in [3.63, 3.8) is 0 Å². The standard InChI is InChI=1S/C18H23ClN4O/c1-3-17-16(18(24)22-8-7-13(12-22)10-20-2)11-21-23(17)15-6-4-5-14(19)9-15/h4-6,9,11,13,20H,3,7-8,10,12H2,1-2H3. The lowest BCUT2D eigenvalue weighted by Gasteiger charge is -2.17. The maximum Gasteiger partial charge on any atom is 0.257 e. The summed E-state index contributed by atoms with van der Waals surface area (Å²) in [4.78, 5) is 14.9. The van der Waals surface area contributed by atoms with Crippen LogP contribution in [-0.4, -0.2) is 47.3 Å². The van der Waals surface area contributed by atoms with Crippen LogP contribution in [0.1, 0.15) is 29.4 Å². The van der Waals surface area contributed by atoms with E-state index in [1.165, 1.54) is 0 Å². The molecule has 6 heteroatoms. The fourth-order valence-corrected chi connectivity index (χ4v) is 3.55. The first-order valence-electron chi connectivity index (χ1n) is 8.40. The molecule has 2 heterocycles. The van der Waals surface area contributed by atoms with Crippen LogP contribution < -0.4 is 5.32 Å². The van der Waals surface area contributed by atoms with Crippen LogP contribution in [0.5, 0.6) is 0 Å². The molecule has 1 unspecified atom stereocenters. The molecule has 1 aromatic heterocycles. The first-order valence-corrected chi connectivity index (χ1v) is 8.78. The van der Waals surface area contributed by atoms with Gasteiger partial charge in [0.15, 0.2) is 0 Å². The van der Waals surface area contributed by atoms with E-state index in [9.17, 15) is 4.79 Å². The summed E-state index contributed by atoms with van der Waals surface area (Å²) in [5.41, 5.74) is 2.51. The second kappa shape index (κ2) is 7.36. The number of hydrogen-bond donors (Lipinski definition) is 1. The fourth-order valence-electron chi connectivity index (χ4n) is 3.37. The van der Waals surface area contributed by atoms with Crippen LogP contribution >= 0.6 is 11.6 Å². The molecule has 24 heavy (non-hydrogen) atoms. The summed E-state index contributed by atoms with van der Waals surface area (Å²) in [5.74, 6) is 0.616. The number of benzene rings is 1. The van der Waals surface area contributed by atoms with Gasteiger partial charge < -0.3 is 10.2 Å². The van der Waals surface area contributed by atoms with Crippen LogP contribution in [0, 0.1) is 5.92 Å². The van der Waals surface area contributed by atoms with Gasteiger partial charge in [-0.05, 0) is 50.6 Å². The highest BCUT2D eigenvalue weighted by atomic mass is 35.5. The van der Waals surface area contributed by atoms with Crippen LogP contribution in [-0.2, 0) is 6.42 Å². The molecule has 0 radical (unpaired) electrons. The Balaban J connectivity index is 1.86. The first kappa shape index (κ1) is 17.0. The Morgan fingerprint density at radius 3 is 3.00 bits per heavy atom. The Morgan fingerprint density at radius 1 is 1.46 bits per heavy atom. The topological polar surface area (TPSA) is 50.2 Å². The zero-order valence-corrected chi connectivity index (χ0v) is 14.9. The van der Waals surface area contributed by atoms with Crippen molar-refractivity contribution in [2.45, 2.75) is 19.8 Å². The SMILES string of the molecule is CCc1c(C(=O)N2CCC(CNC)C2)cnn1-c1cccc(Cl)c1. The van der Waals surface area contributed by atoms with Crippen molar-refractivity contribution in [2.75, 3.05) is 26.7 Å². The molecule has 1 amide bonds. The summed E-state index contributed by atoms with van der Waals surface area (Å²) >= 11 is 6.09. The average Bonchev–Trinajstić information content (AvgIpc) is 3.21. The Morgan fingerprint density at radius 2 is 2.29 bits per heavy atom. The summed E-state index contributed by atoms with van der Waals surface area (Å²) in [5, 5.41) is 8.30. The predicted molar refractivity (Wildman–Crippen MR) is 95.9 cm³/mol. The third kappa shape index (κ3) is 3.32. The number of carbonyl (C=O) groups excluding carboxylic acids is 1. The van der Waals surface area contributed by atoms with E-state index in [-0.39, 0.29) is 5.91 Å². The number of nitrogens with zero attached hydrogens (tertiary/aromatic N) is 3. The largest absolute Gasteiger partial charge is 0.338 e. The van der Waals surface area contributed by atoms with Gasteiger partial charge in [0.05, 0.1) is 23.1 Å². The summed E-state index contributed by atoms with van der Waals surface area (Å²) < 4.78 is 1.82. The molecule has 3 rings (SSSR count). The summed E-state index contributed by atoms with van der Waals surface area (Å²) in [7, 11) is 1.95. The molecular weight excluding hydrogens is 324 g/mol. The first-order chi connectivity index (χ1) is 11.6. The minimum absolute atomic E-state index is 0.0822. The van der Waals surface area contributed by atoms with Crippen LogP contribution in [0.2, 0.25) is 5.02 Å². The highest BCUT2D eigenvalue weighted by Gasteiger charge is 2.29. The molecule has 0 spiro atoms. The molecule has 1 aliphatic rings. The molecule has 0 aliphatic carbocycles. The van der Waals surface area contributed by atoms with Gasteiger partial charge >= 0.3 is 0 Å². The van der Waals surface area contributed by atoms with Crippen LogP contribution in [0.4, 0.5) is 0 Å². The number of carbonyl (C=O) groups is 1. The molecule has 1 saturated heterocycles. The van der Waals surface area contributed by atoms with E-state index in [2.05, 4.69) is 10.4 Å². The minimum atomic E-state index is 0.0822. The molecule has 1 aliphatic heterocycles. The molecule has 1 aromatic carbocycles. The maximum absolute atomic E-state index is 12.9. The van der Waals surface area contributed by atoms with E-state index in [0.717, 1.165) is 43.9 Å². The molecule has 2 aromatic rings. The van der Waals surface area contributed by atoms with Gasteiger partial charge in [-0.1, -0.05) is 24.6 Å². The number of nitrogens with one attached hydrogen (secondary N) is 1. The second-order valence-electron chi connectivity index (χ2n) is 6.21. The normalized spacial score (nSPS) is 17.5. The van der Waals surface area contributed by atoms with E-state index >= 15 is 0 Å². The average molecular weight is 347 g/mol. The lowest BCUT2D eigenvalue weighted by molar-refractivity contribution is 0.0786. The van der Waals surface area contributed by atoms with Crippen LogP contribution in [0.3, 0.4) is 0 Å². The third-order valence-electron chi connectivity index (χ3n) is 4.55. The number of amides is 1. The van der Waals surface area contributed by atoms with Gasteiger partial charge in [0.2, 0.25) is 0 Å². The van der Waals surface area contributed by atoms with Crippen molar-refractivity contribution in [2.24, 2.45) is 5.92 Å². The smallest absolute Gasteiger partial charge is 0.257 e. The Bertz CT molecular complexity index is 728. The Kier molecular flexibility index (Phi) is 5.21. The molecule has 1 N–H and O–H groups in total. The molecule has 0 saturated carbocycles. The highest BCUT2D eigenvalue weighted by Crippen LogP contribution is 2.23. The van der Waals surface area contributed by atoms with Crippen molar-refractivity contribution >= 4 is 17.5 Å². The lowest BCUT2D eigenvalue weighted by atomic mass is 10.1. The number of rotatable bonds is 5. The highest BCUT2D eigenvalue weighted by molar-refractivity contribution is 6.30. The quantitative estimate of drug-likeness (QED) is 0.905. The maximum atomic E-state index is 12.9. The predicted octanol–water partition coefficient (Wildman–Crippen LogP) is 2.77. The number of aromatic nitrogens is 2. The summed E-state index contributed by atoms with van der Waals surface area (Å²) in [6, 6.07) is 7.54. The van der Waals surface area contributed by atoms with E-state index in [1.807, 2.05) is 47.8 Å². The van der Waals surface area contributed by atoms with E-state index < -0.39 is 0 Å². The molecule has 1 fully saturated rings. The summed E-state index contributed by atoms with van der Waals surface area (Å²) in [6.07, 6.45) is 3.48. The van der Waals surface area contributed by atoms with Crippen LogP contribution in [0.25, 0.3) is 5.69 Å². The van der Waals surface area contributed by atoms with Gasteiger partial charge in [0, 0.05) is 18.1 Å². The van der Waals surface area contributed by atoms with Crippen molar-refractivity contribution in [1.82, 2.24) is 20.0 Å². The molecular formula is C18H23ClN4O. The van der Waals surface area contributed by atoms with Gasteiger partial charge in [0.25, 0.3) is 5.91 Å². The molecule has 128 valence electrons. The number of hydrogen-bond acceptors (Lipinski definition) is 3. The zero-order chi connectivity index (χ0) is 17.1. The van der Waals surface area contributed by atoms with Crippen molar-refractivity contribution < 1.29 is 4.79 Å². The van der Waals surface area contributed by atoms with Gasteiger partial charge in [-0.2, -0.15) is 5.10 Å². The van der Waals surface area contributed by atoms with Gasteiger partial charge in [-0.3, -0.25) is 4.79 Å². The monoisotopic (exact) mass is 346 g/mol.